The summed E-state index contributed by atoms with van der Waals surface area (Å²) < 4.78 is 0. The Bertz CT molecular complexity index is 786. The Morgan fingerprint density at radius 3 is 2.56 bits per heavy atom. The van der Waals surface area contributed by atoms with Gasteiger partial charge < -0.3 is 15.1 Å². The van der Waals surface area contributed by atoms with Crippen molar-refractivity contribution in [2.24, 2.45) is 0 Å². The van der Waals surface area contributed by atoms with Gasteiger partial charge in [0.25, 0.3) is 0 Å². The van der Waals surface area contributed by atoms with Crippen LogP contribution in [0, 0.1) is 0 Å². The Hall–Kier alpha value is -2.08. The molecule has 0 bridgehead atoms. The van der Waals surface area contributed by atoms with Gasteiger partial charge in [-0.05, 0) is 23.8 Å². The molecule has 144 valence electrons. The lowest BCUT2D eigenvalue weighted by molar-refractivity contribution is -0.138. The molecule has 1 aliphatic heterocycles. The molecule has 0 radical (unpaired) electrons. The molecule has 0 saturated carbocycles. The van der Waals surface area contributed by atoms with Gasteiger partial charge in [-0.1, -0.05) is 48.0 Å². The Morgan fingerprint density at radius 2 is 1.85 bits per heavy atom. The number of hydrogen-bond donors (Lipinski definition) is 1. The van der Waals surface area contributed by atoms with Gasteiger partial charge in [0.15, 0.2) is 0 Å². The van der Waals surface area contributed by atoms with Crippen LogP contribution in [-0.2, 0) is 16.1 Å². The number of amides is 2. The third-order valence-electron chi connectivity index (χ3n) is 4.60. The molecule has 3 rings (SSSR count). The van der Waals surface area contributed by atoms with Crippen molar-refractivity contribution < 1.29 is 9.59 Å². The van der Waals surface area contributed by atoms with Gasteiger partial charge in [0.1, 0.15) is 0 Å². The summed E-state index contributed by atoms with van der Waals surface area (Å²) in [4.78, 5) is 28.7. The second-order valence-corrected chi connectivity index (χ2v) is 6.76. The van der Waals surface area contributed by atoms with Crippen LogP contribution in [0.3, 0.4) is 0 Å². The van der Waals surface area contributed by atoms with Crippen LogP contribution < -0.4 is 10.2 Å². The zero-order chi connectivity index (χ0) is 18.5. The molecule has 27 heavy (non-hydrogen) atoms. The quantitative estimate of drug-likeness (QED) is 0.827. The predicted octanol–water partition coefficient (Wildman–Crippen LogP) is 3.12. The van der Waals surface area contributed by atoms with Gasteiger partial charge in [-0.2, -0.15) is 0 Å². The number of piperazine rings is 1. The molecule has 1 aliphatic rings. The number of hydrogen-bond acceptors (Lipinski definition) is 3. The number of halogens is 2. The van der Waals surface area contributed by atoms with E-state index in [1.54, 1.807) is 16.8 Å². The van der Waals surface area contributed by atoms with E-state index < -0.39 is 6.04 Å². The van der Waals surface area contributed by atoms with Crippen LogP contribution in [-0.4, -0.2) is 42.9 Å². The van der Waals surface area contributed by atoms with Crippen molar-refractivity contribution in [3.63, 3.8) is 0 Å². The molecule has 0 spiro atoms. The van der Waals surface area contributed by atoms with Crippen molar-refractivity contribution in [2.75, 3.05) is 25.0 Å². The molecule has 1 N–H and O–H groups in total. The molecule has 0 aliphatic carbocycles. The van der Waals surface area contributed by atoms with Crippen LogP contribution in [0.4, 0.5) is 5.69 Å². The minimum absolute atomic E-state index is 0. The molecule has 7 heteroatoms. The Balaban J connectivity index is 0.00000261. The second kappa shape index (κ2) is 9.74. The highest BCUT2D eigenvalue weighted by Gasteiger charge is 2.31. The molecule has 1 heterocycles. The van der Waals surface area contributed by atoms with Gasteiger partial charge in [-0.25, -0.2) is 0 Å². The van der Waals surface area contributed by atoms with E-state index in [0.717, 1.165) is 11.3 Å². The molecular formula is C20H23Cl2N3O2. The second-order valence-electron chi connectivity index (χ2n) is 6.35. The van der Waals surface area contributed by atoms with E-state index >= 15 is 0 Å². The van der Waals surface area contributed by atoms with Crippen molar-refractivity contribution in [2.45, 2.75) is 19.0 Å². The van der Waals surface area contributed by atoms with Crippen LogP contribution in [0.5, 0.6) is 0 Å². The van der Waals surface area contributed by atoms with Gasteiger partial charge in [0.05, 0.1) is 12.5 Å². The minimum Gasteiger partial charge on any atom is -0.336 e. The highest BCUT2D eigenvalue weighted by atomic mass is 35.5. The van der Waals surface area contributed by atoms with E-state index in [4.69, 9.17) is 11.6 Å². The van der Waals surface area contributed by atoms with Gasteiger partial charge >= 0.3 is 0 Å². The van der Waals surface area contributed by atoms with Crippen molar-refractivity contribution >= 4 is 41.5 Å². The zero-order valence-electron chi connectivity index (χ0n) is 15.1. The average molecular weight is 408 g/mol. The van der Waals surface area contributed by atoms with Crippen LogP contribution in [0.25, 0.3) is 0 Å². The molecule has 2 aromatic rings. The molecule has 0 aromatic heterocycles. The summed E-state index contributed by atoms with van der Waals surface area (Å²) in [5.74, 6) is -0.160. The van der Waals surface area contributed by atoms with E-state index in [-0.39, 0.29) is 30.6 Å². The van der Waals surface area contributed by atoms with Gasteiger partial charge in [0.2, 0.25) is 11.8 Å². The lowest BCUT2D eigenvalue weighted by Gasteiger charge is -2.33. The number of carbonyl (C=O) groups is 2. The highest BCUT2D eigenvalue weighted by Crippen LogP contribution is 2.19. The van der Waals surface area contributed by atoms with Crippen molar-refractivity contribution in [3.8, 4) is 0 Å². The minimum atomic E-state index is -0.509. The SMILES string of the molecule is CN(C(=O)CC1NCCN(Cc2ccccc2Cl)C1=O)c1ccccc1.Cl. The first-order valence-electron chi connectivity index (χ1n) is 8.63. The van der Waals surface area contributed by atoms with Crippen molar-refractivity contribution in [1.82, 2.24) is 10.2 Å². The molecule has 1 unspecified atom stereocenters. The predicted molar refractivity (Wildman–Crippen MR) is 110 cm³/mol. The largest absolute Gasteiger partial charge is 0.336 e. The molecule has 2 amide bonds. The molecule has 5 nitrogen and oxygen atoms in total. The summed E-state index contributed by atoms with van der Waals surface area (Å²) in [7, 11) is 1.73. The maximum absolute atomic E-state index is 12.8. The van der Waals surface area contributed by atoms with E-state index in [2.05, 4.69) is 5.32 Å². The summed E-state index contributed by atoms with van der Waals surface area (Å²) in [6.45, 7) is 1.71. The van der Waals surface area contributed by atoms with Crippen LogP contribution in [0.15, 0.2) is 54.6 Å². The number of para-hydroxylation sites is 1. The fourth-order valence-electron chi connectivity index (χ4n) is 3.05. The lowest BCUT2D eigenvalue weighted by Crippen LogP contribution is -2.56. The monoisotopic (exact) mass is 407 g/mol. The first kappa shape index (κ1) is 21.2. The van der Waals surface area contributed by atoms with E-state index in [9.17, 15) is 9.59 Å². The first-order valence-corrected chi connectivity index (χ1v) is 9.01. The van der Waals surface area contributed by atoms with Crippen LogP contribution in [0.1, 0.15) is 12.0 Å². The van der Waals surface area contributed by atoms with E-state index in [1.165, 1.54) is 0 Å². The molecule has 1 atom stereocenters. The van der Waals surface area contributed by atoms with Gasteiger partial charge in [-0.3, -0.25) is 9.59 Å². The average Bonchev–Trinajstić information content (AvgIpc) is 2.66. The third kappa shape index (κ3) is 5.22. The van der Waals surface area contributed by atoms with Crippen molar-refractivity contribution in [1.29, 1.82) is 0 Å². The number of nitrogens with zero attached hydrogens (tertiary/aromatic N) is 2. The Morgan fingerprint density at radius 1 is 1.19 bits per heavy atom. The molecule has 1 fully saturated rings. The number of anilines is 1. The summed E-state index contributed by atoms with van der Waals surface area (Å²) in [5, 5.41) is 3.81. The Kier molecular flexibility index (Phi) is 7.66. The highest BCUT2D eigenvalue weighted by molar-refractivity contribution is 6.31. The fourth-order valence-corrected chi connectivity index (χ4v) is 3.24. The summed E-state index contributed by atoms with van der Waals surface area (Å²) in [5.41, 5.74) is 1.73. The first-order chi connectivity index (χ1) is 12.6. The van der Waals surface area contributed by atoms with Gasteiger partial charge in [-0.15, -0.1) is 12.4 Å². The summed E-state index contributed by atoms with van der Waals surface area (Å²) >= 11 is 6.21. The maximum atomic E-state index is 12.8. The van der Waals surface area contributed by atoms with Crippen LogP contribution in [0.2, 0.25) is 5.02 Å². The maximum Gasteiger partial charge on any atom is 0.240 e. The topological polar surface area (TPSA) is 52.7 Å². The van der Waals surface area contributed by atoms with E-state index in [0.29, 0.717) is 24.7 Å². The summed E-state index contributed by atoms with van der Waals surface area (Å²) in [6.07, 6.45) is 0.128. The zero-order valence-corrected chi connectivity index (χ0v) is 16.7. The smallest absolute Gasteiger partial charge is 0.240 e. The standard InChI is InChI=1S/C20H22ClN3O2.ClH/c1-23(16-8-3-2-4-9-16)19(25)13-18-20(26)24(12-11-22-18)14-15-7-5-6-10-17(15)21;/h2-10,18,22H,11-14H2,1H3;1H. The number of carbonyl (C=O) groups excluding carboxylic acids is 2. The number of nitrogens with one attached hydrogen (secondary N) is 1. The molecule has 2 aromatic carbocycles. The normalized spacial score (nSPS) is 16.6. The molecule has 1 saturated heterocycles. The fraction of sp³-hybridized carbons (Fsp3) is 0.300. The summed E-state index contributed by atoms with van der Waals surface area (Å²) in [6, 6.07) is 16.4. The number of benzene rings is 2. The lowest BCUT2D eigenvalue weighted by atomic mass is 10.1. The molecular weight excluding hydrogens is 385 g/mol. The van der Waals surface area contributed by atoms with E-state index in [1.807, 2.05) is 54.6 Å². The van der Waals surface area contributed by atoms with Crippen LogP contribution >= 0.6 is 24.0 Å². The Labute approximate surface area is 170 Å². The van der Waals surface area contributed by atoms with Crippen molar-refractivity contribution in [3.05, 3.63) is 65.2 Å². The number of rotatable bonds is 5. The third-order valence-corrected chi connectivity index (χ3v) is 4.97. The van der Waals surface area contributed by atoms with Gasteiger partial charge in [0, 0.05) is 37.4 Å².